The van der Waals surface area contributed by atoms with Gasteiger partial charge < -0.3 is 9.47 Å². The maximum atomic E-state index is 13.3. The van der Waals surface area contributed by atoms with Gasteiger partial charge in [-0.2, -0.15) is 10.2 Å². The van der Waals surface area contributed by atoms with Gasteiger partial charge in [0.25, 0.3) is 5.91 Å². The van der Waals surface area contributed by atoms with Crippen LogP contribution in [0.15, 0.2) is 85.2 Å². The van der Waals surface area contributed by atoms with E-state index in [4.69, 9.17) is 5.10 Å². The number of aromatic amines is 1. The maximum absolute atomic E-state index is 13.3. The fourth-order valence-electron chi connectivity index (χ4n) is 4.41. The second-order valence-electron chi connectivity index (χ2n) is 8.23. The molecule has 7 heteroatoms. The smallest absolute Gasteiger partial charge is 0.272 e. The van der Waals surface area contributed by atoms with Crippen LogP contribution in [0.3, 0.4) is 0 Å². The van der Waals surface area contributed by atoms with Gasteiger partial charge >= 0.3 is 0 Å². The number of fused-ring (bicyclic) bond motifs is 1. The largest absolute Gasteiger partial charge is 0.327 e. The molecule has 1 aliphatic rings. The quantitative estimate of drug-likeness (QED) is 0.452. The number of carbonyl (C=O) groups is 1. The molecule has 0 spiro atoms. The van der Waals surface area contributed by atoms with Crippen LogP contribution in [0, 0.1) is 6.92 Å². The van der Waals surface area contributed by atoms with Gasteiger partial charge in [-0.3, -0.25) is 9.89 Å². The Bertz CT molecular complexity index is 1450. The zero-order chi connectivity index (χ0) is 22.4. The highest BCUT2D eigenvalue weighted by Crippen LogP contribution is 2.32. The highest BCUT2D eigenvalue weighted by atomic mass is 16.2. The molecule has 6 rings (SSSR count). The molecule has 2 aromatic carbocycles. The normalized spacial score (nSPS) is 12.8. The average molecular weight is 435 g/mol. The lowest BCUT2D eigenvalue weighted by Crippen LogP contribution is -2.26. The maximum Gasteiger partial charge on any atom is 0.272 e. The lowest BCUT2D eigenvalue weighted by Gasteiger charge is -2.17. The number of rotatable bonds is 4. The van der Waals surface area contributed by atoms with Crippen molar-refractivity contribution in [2.45, 2.75) is 20.0 Å². The first-order chi connectivity index (χ1) is 16.2. The van der Waals surface area contributed by atoms with Crippen molar-refractivity contribution in [3.05, 3.63) is 108 Å². The first-order valence-electron chi connectivity index (χ1n) is 10.9. The van der Waals surface area contributed by atoms with Crippen LogP contribution < -0.4 is 0 Å². The summed E-state index contributed by atoms with van der Waals surface area (Å²) in [6, 6.07) is 23.8. The summed E-state index contributed by atoms with van der Waals surface area (Å²) >= 11 is 0. The summed E-state index contributed by atoms with van der Waals surface area (Å²) in [5.74, 6) is 0.887. The van der Waals surface area contributed by atoms with Gasteiger partial charge in [-0.1, -0.05) is 48.5 Å². The molecule has 4 heterocycles. The highest BCUT2D eigenvalue weighted by Gasteiger charge is 2.32. The molecule has 1 N–H and O–H groups in total. The number of hydrogen-bond acceptors (Lipinski definition) is 3. The predicted octanol–water partition coefficient (Wildman–Crippen LogP) is 4.52. The number of para-hydroxylation sites is 1. The first kappa shape index (κ1) is 19.3. The van der Waals surface area contributed by atoms with E-state index in [9.17, 15) is 4.79 Å². The van der Waals surface area contributed by atoms with Crippen LogP contribution in [0.2, 0.25) is 0 Å². The number of hydrogen-bond donors (Lipinski definition) is 1. The number of carbonyl (C=O) groups excluding carboxylic acids is 1. The van der Waals surface area contributed by atoms with Crippen molar-refractivity contribution in [3.8, 4) is 22.8 Å². The minimum absolute atomic E-state index is 0.0800. The molecule has 0 aliphatic carbocycles. The van der Waals surface area contributed by atoms with Gasteiger partial charge in [-0.15, -0.1) is 0 Å². The standard InChI is InChI=1S/C26H22N6O/c1-18-9-5-6-12-24(18)32-25(30-13-7-8-14-30)20-16-31(17-23(20)29-32)26(33)22-15-21(27-28-22)19-10-3-2-4-11-19/h2-15H,16-17H2,1H3,(H,27,28). The molecule has 5 aromatic rings. The molecular formula is C26H22N6O. The van der Waals surface area contributed by atoms with E-state index in [1.165, 1.54) is 0 Å². The number of aryl methyl sites for hydroxylation is 1. The molecule has 33 heavy (non-hydrogen) atoms. The van der Waals surface area contributed by atoms with Crippen molar-refractivity contribution in [1.82, 2.24) is 29.4 Å². The number of aromatic nitrogens is 5. The zero-order valence-electron chi connectivity index (χ0n) is 18.1. The van der Waals surface area contributed by atoms with Crippen LogP contribution in [0.25, 0.3) is 22.8 Å². The monoisotopic (exact) mass is 434 g/mol. The van der Waals surface area contributed by atoms with E-state index in [0.29, 0.717) is 18.8 Å². The number of H-pyrrole nitrogens is 1. The summed E-state index contributed by atoms with van der Waals surface area (Å²) in [4.78, 5) is 15.1. The van der Waals surface area contributed by atoms with Crippen molar-refractivity contribution in [2.24, 2.45) is 0 Å². The zero-order valence-corrected chi connectivity index (χ0v) is 18.1. The van der Waals surface area contributed by atoms with Gasteiger partial charge in [0, 0.05) is 23.5 Å². The van der Waals surface area contributed by atoms with E-state index in [0.717, 1.165) is 39.6 Å². The number of amides is 1. The summed E-state index contributed by atoms with van der Waals surface area (Å²) in [6.07, 6.45) is 4.02. The van der Waals surface area contributed by atoms with Crippen molar-refractivity contribution < 1.29 is 4.79 Å². The Morgan fingerprint density at radius 1 is 0.939 bits per heavy atom. The lowest BCUT2D eigenvalue weighted by molar-refractivity contribution is 0.0743. The van der Waals surface area contributed by atoms with Crippen molar-refractivity contribution in [1.29, 1.82) is 0 Å². The van der Waals surface area contributed by atoms with Crippen LogP contribution in [0.5, 0.6) is 0 Å². The Morgan fingerprint density at radius 3 is 2.48 bits per heavy atom. The minimum Gasteiger partial charge on any atom is -0.327 e. The van der Waals surface area contributed by atoms with Crippen LogP contribution in [0.4, 0.5) is 0 Å². The molecule has 0 saturated heterocycles. The highest BCUT2D eigenvalue weighted by molar-refractivity contribution is 5.93. The van der Waals surface area contributed by atoms with E-state index in [1.54, 1.807) is 0 Å². The van der Waals surface area contributed by atoms with E-state index < -0.39 is 0 Å². The van der Waals surface area contributed by atoms with Gasteiger partial charge in [0.2, 0.25) is 0 Å². The Kier molecular flexibility index (Phi) is 4.47. The summed E-state index contributed by atoms with van der Waals surface area (Å²) in [5, 5.41) is 12.2. The minimum atomic E-state index is -0.0800. The van der Waals surface area contributed by atoms with Crippen molar-refractivity contribution in [3.63, 3.8) is 0 Å². The SMILES string of the molecule is Cc1ccccc1-n1nc2c(c1-n1cccc1)CN(C(=O)c1cc(-c3ccccc3)n[nH]1)C2. The van der Waals surface area contributed by atoms with Crippen LogP contribution in [-0.2, 0) is 13.1 Å². The average Bonchev–Trinajstić information content (AvgIpc) is 3.63. The summed E-state index contributed by atoms with van der Waals surface area (Å²) < 4.78 is 4.06. The second kappa shape index (κ2) is 7.63. The topological polar surface area (TPSA) is 71.7 Å². The third kappa shape index (κ3) is 3.25. The fraction of sp³-hybridized carbons (Fsp3) is 0.115. The number of nitrogens with zero attached hydrogens (tertiary/aromatic N) is 5. The molecular weight excluding hydrogens is 412 g/mol. The van der Waals surface area contributed by atoms with Crippen molar-refractivity contribution in [2.75, 3.05) is 0 Å². The fourth-order valence-corrected chi connectivity index (χ4v) is 4.41. The van der Waals surface area contributed by atoms with E-state index in [1.807, 2.05) is 82.6 Å². The molecule has 7 nitrogen and oxygen atoms in total. The Labute approximate surface area is 190 Å². The lowest BCUT2D eigenvalue weighted by atomic mass is 10.1. The molecule has 1 amide bonds. The van der Waals surface area contributed by atoms with Gasteiger partial charge in [0.1, 0.15) is 11.5 Å². The van der Waals surface area contributed by atoms with Gasteiger partial charge in [0.05, 0.1) is 30.2 Å². The number of nitrogens with one attached hydrogen (secondary N) is 1. The van der Waals surface area contributed by atoms with Gasteiger partial charge in [0.15, 0.2) is 0 Å². The Balaban J connectivity index is 1.34. The summed E-state index contributed by atoms with van der Waals surface area (Å²) in [6.45, 7) is 3.04. The molecule has 0 bridgehead atoms. The third-order valence-electron chi connectivity index (χ3n) is 6.09. The summed E-state index contributed by atoms with van der Waals surface area (Å²) in [7, 11) is 0. The third-order valence-corrected chi connectivity index (χ3v) is 6.09. The molecule has 0 fully saturated rings. The van der Waals surface area contributed by atoms with E-state index >= 15 is 0 Å². The predicted molar refractivity (Wildman–Crippen MR) is 125 cm³/mol. The molecule has 0 radical (unpaired) electrons. The molecule has 0 atom stereocenters. The van der Waals surface area contributed by atoms with Crippen LogP contribution in [-0.4, -0.2) is 35.4 Å². The van der Waals surface area contributed by atoms with Crippen LogP contribution >= 0.6 is 0 Å². The van der Waals surface area contributed by atoms with E-state index in [2.05, 4.69) is 33.8 Å². The molecule has 0 saturated carbocycles. The molecule has 1 aliphatic heterocycles. The van der Waals surface area contributed by atoms with Gasteiger partial charge in [-0.05, 0) is 36.8 Å². The Hall–Kier alpha value is -4.39. The van der Waals surface area contributed by atoms with Crippen LogP contribution in [0.1, 0.15) is 27.3 Å². The molecule has 162 valence electrons. The number of benzene rings is 2. The molecule has 3 aromatic heterocycles. The summed E-state index contributed by atoms with van der Waals surface area (Å²) in [5.41, 5.74) is 6.37. The second-order valence-corrected chi connectivity index (χ2v) is 8.23. The van der Waals surface area contributed by atoms with Gasteiger partial charge in [-0.25, -0.2) is 4.68 Å². The molecule has 0 unspecified atom stereocenters. The first-order valence-corrected chi connectivity index (χ1v) is 10.9. The van der Waals surface area contributed by atoms with E-state index in [-0.39, 0.29) is 5.91 Å². The Morgan fingerprint density at radius 2 is 1.70 bits per heavy atom. The van der Waals surface area contributed by atoms with Crippen molar-refractivity contribution >= 4 is 5.91 Å².